The number of aryl methyl sites for hydroxylation is 1. The van der Waals surface area contributed by atoms with Gasteiger partial charge in [0.25, 0.3) is 0 Å². The Morgan fingerprint density at radius 1 is 1.23 bits per heavy atom. The van der Waals surface area contributed by atoms with Gasteiger partial charge in [-0.15, -0.1) is 10.2 Å². The summed E-state index contributed by atoms with van der Waals surface area (Å²) >= 11 is 0. The minimum Gasteiger partial charge on any atom is -0.481 e. The first-order valence-corrected chi connectivity index (χ1v) is 7.92. The minimum atomic E-state index is -0.991. The predicted octanol–water partition coefficient (Wildman–Crippen LogP) is 3.64. The van der Waals surface area contributed by atoms with Gasteiger partial charge in [0, 0.05) is 18.8 Å². The molecular weight excluding hydrogens is 334 g/mol. The van der Waals surface area contributed by atoms with Crippen molar-refractivity contribution < 1.29 is 14.7 Å². The van der Waals surface area contributed by atoms with Gasteiger partial charge < -0.3 is 10.4 Å². The topological polar surface area (TPSA) is 108 Å². The summed E-state index contributed by atoms with van der Waals surface area (Å²) in [6, 6.07) is 10.6. The third-order valence-corrected chi connectivity index (χ3v) is 3.63. The first-order chi connectivity index (χ1) is 12.4. The van der Waals surface area contributed by atoms with Gasteiger partial charge in [0.15, 0.2) is 5.82 Å². The van der Waals surface area contributed by atoms with E-state index in [1.165, 1.54) is 6.92 Å². The molecule has 0 spiro atoms. The molecule has 0 saturated heterocycles. The van der Waals surface area contributed by atoms with Crippen molar-refractivity contribution in [3.8, 4) is 0 Å². The van der Waals surface area contributed by atoms with Gasteiger partial charge in [-0.2, -0.15) is 0 Å². The number of anilines is 1. The highest BCUT2D eigenvalue weighted by molar-refractivity contribution is 5.89. The lowest BCUT2D eigenvalue weighted by molar-refractivity contribution is -0.136. The van der Waals surface area contributed by atoms with Crippen LogP contribution < -0.4 is 5.32 Å². The molecule has 0 aliphatic carbocycles. The molecule has 0 radical (unpaired) electrons. The summed E-state index contributed by atoms with van der Waals surface area (Å²) < 4.78 is 1.72. The molecule has 0 bridgehead atoms. The van der Waals surface area contributed by atoms with Crippen molar-refractivity contribution in [3.63, 3.8) is 0 Å². The van der Waals surface area contributed by atoms with E-state index in [4.69, 9.17) is 5.11 Å². The Labute approximate surface area is 149 Å². The second-order valence-corrected chi connectivity index (χ2v) is 5.77. The molecule has 3 rings (SSSR count). The van der Waals surface area contributed by atoms with Crippen LogP contribution in [-0.4, -0.2) is 26.4 Å². The van der Waals surface area contributed by atoms with Crippen molar-refractivity contribution in [2.45, 2.75) is 20.3 Å². The number of amides is 1. The normalized spacial score (nSPS) is 11.2. The Balaban J connectivity index is 2.02. The lowest BCUT2D eigenvalue weighted by atomic mass is 10.3. The number of hydrogen-bond donors (Lipinski definition) is 2. The van der Waals surface area contributed by atoms with Crippen LogP contribution in [0.15, 0.2) is 52.8 Å². The zero-order chi connectivity index (χ0) is 18.7. The molecule has 1 aromatic carbocycles. The third kappa shape index (κ3) is 3.75. The van der Waals surface area contributed by atoms with Crippen LogP contribution in [-0.2, 0) is 16.0 Å². The van der Waals surface area contributed by atoms with Crippen molar-refractivity contribution in [1.29, 1.82) is 0 Å². The van der Waals surface area contributed by atoms with E-state index in [-0.39, 0.29) is 12.3 Å². The summed E-state index contributed by atoms with van der Waals surface area (Å²) in [7, 11) is 0. The number of carbonyl (C=O) groups is 2. The second-order valence-electron chi connectivity index (χ2n) is 5.77. The van der Waals surface area contributed by atoms with Crippen LogP contribution in [0.25, 0.3) is 5.65 Å². The maximum absolute atomic E-state index is 11.2. The van der Waals surface area contributed by atoms with E-state index in [9.17, 15) is 9.59 Å². The van der Waals surface area contributed by atoms with Crippen LogP contribution >= 0.6 is 0 Å². The van der Waals surface area contributed by atoms with Gasteiger partial charge in [-0.25, -0.2) is 4.98 Å². The Kier molecular flexibility index (Phi) is 4.74. The van der Waals surface area contributed by atoms with Crippen LogP contribution in [0.2, 0.25) is 0 Å². The van der Waals surface area contributed by atoms with E-state index in [1.54, 1.807) is 34.9 Å². The molecular formula is C18H17N5O3. The average Bonchev–Trinajstić information content (AvgIpc) is 2.91. The number of carboxylic acids is 1. The highest BCUT2D eigenvalue weighted by atomic mass is 16.4. The third-order valence-electron chi connectivity index (χ3n) is 3.63. The fraction of sp³-hybridized carbons (Fsp3) is 0.167. The number of fused-ring (bicyclic) bond motifs is 1. The Morgan fingerprint density at radius 3 is 2.77 bits per heavy atom. The zero-order valence-electron chi connectivity index (χ0n) is 14.3. The Morgan fingerprint density at radius 2 is 2.04 bits per heavy atom. The maximum Gasteiger partial charge on any atom is 0.309 e. The summed E-state index contributed by atoms with van der Waals surface area (Å²) in [5, 5.41) is 20.2. The predicted molar refractivity (Wildman–Crippen MR) is 96.2 cm³/mol. The van der Waals surface area contributed by atoms with Gasteiger partial charge in [-0.1, -0.05) is 12.1 Å². The highest BCUT2D eigenvalue weighted by Gasteiger charge is 2.16. The molecule has 0 atom stereocenters. The lowest BCUT2D eigenvalue weighted by Gasteiger charge is -2.02. The van der Waals surface area contributed by atoms with Crippen molar-refractivity contribution in [1.82, 2.24) is 9.38 Å². The van der Waals surface area contributed by atoms with E-state index < -0.39 is 5.97 Å². The van der Waals surface area contributed by atoms with Gasteiger partial charge in [0.2, 0.25) is 5.91 Å². The molecule has 8 heteroatoms. The lowest BCUT2D eigenvalue weighted by Crippen LogP contribution is -2.05. The molecule has 26 heavy (non-hydrogen) atoms. The van der Waals surface area contributed by atoms with Crippen LogP contribution in [0, 0.1) is 6.92 Å². The van der Waals surface area contributed by atoms with Crippen LogP contribution in [0.1, 0.15) is 18.2 Å². The summed E-state index contributed by atoms with van der Waals surface area (Å²) in [5.74, 6) is -0.800. The average molecular weight is 351 g/mol. The number of carbonyl (C=O) groups excluding carboxylic acids is 1. The molecule has 0 saturated carbocycles. The standard InChI is InChI=1S/C18H17N5O3/c1-11-5-4-8-23-17(11)20-15(10-16(25)26)18(23)22-21-14-7-3-6-13(9-14)19-12(2)24/h3-9H,10H2,1-2H3,(H,19,24)(H,25,26). The first kappa shape index (κ1) is 17.3. The van der Waals surface area contributed by atoms with Crippen LogP contribution in [0.3, 0.4) is 0 Å². The molecule has 132 valence electrons. The Bertz CT molecular complexity index is 1020. The van der Waals surface area contributed by atoms with E-state index in [2.05, 4.69) is 20.5 Å². The number of rotatable bonds is 5. The molecule has 2 heterocycles. The SMILES string of the molecule is CC(=O)Nc1cccc(N=Nc2c(CC(=O)O)nc3c(C)cccn23)c1. The first-order valence-electron chi connectivity index (χ1n) is 7.92. The monoisotopic (exact) mass is 351 g/mol. The highest BCUT2D eigenvalue weighted by Crippen LogP contribution is 2.27. The number of imidazole rings is 1. The van der Waals surface area contributed by atoms with Gasteiger partial charge in [-0.05, 0) is 36.8 Å². The Hall–Kier alpha value is -3.55. The number of benzene rings is 1. The molecule has 8 nitrogen and oxygen atoms in total. The smallest absolute Gasteiger partial charge is 0.309 e. The van der Waals surface area contributed by atoms with Gasteiger partial charge in [0.05, 0.1) is 17.8 Å². The van der Waals surface area contributed by atoms with E-state index in [0.717, 1.165) is 5.56 Å². The zero-order valence-corrected chi connectivity index (χ0v) is 14.3. The van der Waals surface area contributed by atoms with Crippen molar-refractivity contribution in [3.05, 3.63) is 53.9 Å². The number of aliphatic carboxylic acids is 1. The van der Waals surface area contributed by atoms with Crippen molar-refractivity contribution in [2.24, 2.45) is 10.2 Å². The molecule has 0 aliphatic rings. The van der Waals surface area contributed by atoms with Crippen molar-refractivity contribution >= 4 is 34.7 Å². The summed E-state index contributed by atoms with van der Waals surface area (Å²) in [5.41, 5.74) is 3.03. The van der Waals surface area contributed by atoms with Gasteiger partial charge in [0.1, 0.15) is 5.65 Å². The molecule has 2 N–H and O–H groups in total. The number of hydrogen-bond acceptors (Lipinski definition) is 5. The number of carboxylic acid groups (broad SMARTS) is 1. The van der Waals surface area contributed by atoms with Crippen LogP contribution in [0.4, 0.5) is 17.2 Å². The molecule has 0 fully saturated rings. The van der Waals surface area contributed by atoms with E-state index in [1.807, 2.05) is 19.1 Å². The van der Waals surface area contributed by atoms with Crippen molar-refractivity contribution in [2.75, 3.05) is 5.32 Å². The number of azo groups is 1. The number of pyridine rings is 1. The quantitative estimate of drug-likeness (QED) is 0.684. The van der Waals surface area contributed by atoms with E-state index >= 15 is 0 Å². The van der Waals surface area contributed by atoms with E-state index in [0.29, 0.717) is 28.5 Å². The molecule has 0 aliphatic heterocycles. The maximum atomic E-state index is 11.2. The fourth-order valence-electron chi connectivity index (χ4n) is 2.56. The number of nitrogens with zero attached hydrogens (tertiary/aromatic N) is 4. The van der Waals surface area contributed by atoms with Gasteiger partial charge in [-0.3, -0.25) is 14.0 Å². The second kappa shape index (κ2) is 7.14. The molecule has 1 amide bonds. The molecule has 0 unspecified atom stereocenters. The van der Waals surface area contributed by atoms with Crippen LogP contribution in [0.5, 0.6) is 0 Å². The van der Waals surface area contributed by atoms with Gasteiger partial charge >= 0.3 is 5.97 Å². The number of nitrogens with one attached hydrogen (secondary N) is 1. The minimum absolute atomic E-state index is 0.180. The molecule has 2 aromatic heterocycles. The number of aromatic nitrogens is 2. The summed E-state index contributed by atoms with van der Waals surface area (Å²) in [6.45, 7) is 3.32. The summed E-state index contributed by atoms with van der Waals surface area (Å²) in [6.07, 6.45) is 1.52. The summed E-state index contributed by atoms with van der Waals surface area (Å²) in [4.78, 5) is 26.7. The molecule has 3 aromatic rings. The largest absolute Gasteiger partial charge is 0.481 e. The fourth-order valence-corrected chi connectivity index (χ4v) is 2.56.